The summed E-state index contributed by atoms with van der Waals surface area (Å²) >= 11 is 0. The monoisotopic (exact) mass is 312 g/mol. The average molecular weight is 313 g/mol. The Kier molecular flexibility index (Phi) is 8.09. The number of Topliss-reactive ketones (excluding diaryl/α,β-unsaturated/α-hetero) is 1. The van der Waals surface area contributed by atoms with Gasteiger partial charge in [0, 0.05) is 31.7 Å². The van der Waals surface area contributed by atoms with Crippen molar-refractivity contribution in [1.82, 2.24) is 10.2 Å². The summed E-state index contributed by atoms with van der Waals surface area (Å²) in [5.41, 5.74) is 0.224. The molecular formula is C12H16Cl2F2N2O. The Morgan fingerprint density at radius 2 is 1.79 bits per heavy atom. The fourth-order valence-electron chi connectivity index (χ4n) is 1.83. The molecule has 1 aliphatic heterocycles. The van der Waals surface area contributed by atoms with E-state index in [-0.39, 0.29) is 42.7 Å². The molecule has 0 bridgehead atoms. The second-order valence-electron chi connectivity index (χ2n) is 4.08. The highest BCUT2D eigenvalue weighted by Gasteiger charge is 2.15. The molecule has 3 nitrogen and oxygen atoms in total. The second-order valence-corrected chi connectivity index (χ2v) is 4.08. The lowest BCUT2D eigenvalue weighted by Gasteiger charge is -2.26. The van der Waals surface area contributed by atoms with E-state index in [1.54, 1.807) is 0 Å². The first-order valence-corrected chi connectivity index (χ1v) is 5.58. The Balaban J connectivity index is 0.00000162. The third kappa shape index (κ3) is 5.03. The number of hydrogen-bond donors (Lipinski definition) is 1. The first-order chi connectivity index (χ1) is 8.16. The molecule has 1 heterocycles. The number of halogens is 4. The van der Waals surface area contributed by atoms with Crippen LogP contribution in [0, 0.1) is 11.6 Å². The fourth-order valence-corrected chi connectivity index (χ4v) is 1.83. The molecule has 1 aromatic carbocycles. The number of carbonyl (C=O) groups is 1. The number of piperazine rings is 1. The van der Waals surface area contributed by atoms with Gasteiger partial charge in [-0.05, 0) is 18.2 Å². The molecule has 1 aromatic rings. The van der Waals surface area contributed by atoms with Gasteiger partial charge in [-0.2, -0.15) is 0 Å². The van der Waals surface area contributed by atoms with E-state index in [9.17, 15) is 13.6 Å². The van der Waals surface area contributed by atoms with Crippen molar-refractivity contribution in [3.05, 3.63) is 35.4 Å². The van der Waals surface area contributed by atoms with Crippen molar-refractivity contribution in [2.45, 2.75) is 0 Å². The van der Waals surface area contributed by atoms with Crippen molar-refractivity contribution in [2.75, 3.05) is 32.7 Å². The predicted octanol–water partition coefficient (Wildman–Crippen LogP) is 1.90. The summed E-state index contributed by atoms with van der Waals surface area (Å²) in [6, 6.07) is 3.27. The quantitative estimate of drug-likeness (QED) is 0.865. The number of hydrogen-bond acceptors (Lipinski definition) is 3. The summed E-state index contributed by atoms with van der Waals surface area (Å²) in [4.78, 5) is 13.8. The summed E-state index contributed by atoms with van der Waals surface area (Å²) in [7, 11) is 0. The minimum Gasteiger partial charge on any atom is -0.314 e. The van der Waals surface area contributed by atoms with Gasteiger partial charge in [-0.15, -0.1) is 24.8 Å². The van der Waals surface area contributed by atoms with Crippen LogP contribution in [-0.4, -0.2) is 43.4 Å². The normalized spacial score (nSPS) is 15.3. The van der Waals surface area contributed by atoms with Crippen LogP contribution in [0.2, 0.25) is 0 Å². The molecule has 0 saturated carbocycles. The molecule has 0 aliphatic carbocycles. The van der Waals surface area contributed by atoms with Crippen molar-refractivity contribution >= 4 is 30.6 Å². The lowest BCUT2D eigenvalue weighted by atomic mass is 10.1. The molecule has 0 unspecified atom stereocenters. The highest BCUT2D eigenvalue weighted by molar-refractivity contribution is 5.97. The molecule has 0 spiro atoms. The Bertz CT molecular complexity index is 426. The zero-order valence-corrected chi connectivity index (χ0v) is 11.8. The van der Waals surface area contributed by atoms with Gasteiger partial charge >= 0.3 is 0 Å². The lowest BCUT2D eigenvalue weighted by Crippen LogP contribution is -2.45. The molecule has 2 rings (SSSR count). The minimum absolute atomic E-state index is 0. The summed E-state index contributed by atoms with van der Waals surface area (Å²) in [5.74, 6) is -2.08. The van der Waals surface area contributed by atoms with Gasteiger partial charge in [0.2, 0.25) is 0 Å². The lowest BCUT2D eigenvalue weighted by molar-refractivity contribution is 0.0921. The molecule has 108 valence electrons. The van der Waals surface area contributed by atoms with Gasteiger partial charge in [-0.1, -0.05) is 0 Å². The maximum Gasteiger partial charge on any atom is 0.176 e. The number of carbonyl (C=O) groups excluding carboxylic acids is 1. The maximum absolute atomic E-state index is 13.0. The zero-order chi connectivity index (χ0) is 12.3. The molecule has 0 aromatic heterocycles. The van der Waals surface area contributed by atoms with Crippen LogP contribution in [-0.2, 0) is 0 Å². The number of nitrogens with zero attached hydrogens (tertiary/aromatic N) is 1. The van der Waals surface area contributed by atoms with Gasteiger partial charge in [-0.3, -0.25) is 9.69 Å². The van der Waals surface area contributed by atoms with Gasteiger partial charge in [-0.25, -0.2) is 8.78 Å². The number of ketones is 1. The Hall–Kier alpha value is -0.750. The van der Waals surface area contributed by atoms with Crippen LogP contribution >= 0.6 is 24.8 Å². The summed E-state index contributed by atoms with van der Waals surface area (Å²) < 4.78 is 25.7. The molecule has 0 radical (unpaired) electrons. The first-order valence-electron chi connectivity index (χ1n) is 5.58. The van der Waals surface area contributed by atoms with Gasteiger partial charge < -0.3 is 5.32 Å². The molecular weight excluding hydrogens is 297 g/mol. The molecule has 1 saturated heterocycles. The van der Waals surface area contributed by atoms with E-state index in [1.807, 2.05) is 4.90 Å². The highest BCUT2D eigenvalue weighted by Crippen LogP contribution is 2.10. The third-order valence-electron chi connectivity index (χ3n) is 2.82. The van der Waals surface area contributed by atoms with Gasteiger partial charge in [0.15, 0.2) is 17.4 Å². The molecule has 7 heteroatoms. The number of rotatable bonds is 3. The van der Waals surface area contributed by atoms with E-state index in [4.69, 9.17) is 0 Å². The van der Waals surface area contributed by atoms with Crippen LogP contribution < -0.4 is 5.32 Å². The van der Waals surface area contributed by atoms with E-state index in [0.717, 1.165) is 38.3 Å². The maximum atomic E-state index is 13.0. The Morgan fingerprint density at radius 3 is 2.37 bits per heavy atom. The van der Waals surface area contributed by atoms with E-state index in [1.165, 1.54) is 6.07 Å². The molecule has 0 atom stereocenters. The molecule has 1 N–H and O–H groups in total. The molecule has 19 heavy (non-hydrogen) atoms. The molecule has 0 amide bonds. The smallest absolute Gasteiger partial charge is 0.176 e. The van der Waals surface area contributed by atoms with Crippen molar-refractivity contribution in [3.63, 3.8) is 0 Å². The topological polar surface area (TPSA) is 32.3 Å². The number of benzene rings is 1. The van der Waals surface area contributed by atoms with Crippen LogP contribution in [0.25, 0.3) is 0 Å². The van der Waals surface area contributed by atoms with Crippen molar-refractivity contribution in [3.8, 4) is 0 Å². The predicted molar refractivity (Wildman–Crippen MR) is 74.5 cm³/mol. The average Bonchev–Trinajstić information content (AvgIpc) is 2.34. The van der Waals surface area contributed by atoms with Crippen LogP contribution in [0.1, 0.15) is 10.4 Å². The van der Waals surface area contributed by atoms with E-state index in [2.05, 4.69) is 5.32 Å². The highest BCUT2D eigenvalue weighted by atomic mass is 35.5. The van der Waals surface area contributed by atoms with Gasteiger partial charge in [0.05, 0.1) is 6.54 Å². The van der Waals surface area contributed by atoms with Gasteiger partial charge in [0.25, 0.3) is 0 Å². The standard InChI is InChI=1S/C12H14F2N2O.2ClH/c13-10-2-1-9(7-11(10)14)12(17)8-16-5-3-15-4-6-16;;/h1-2,7,15H,3-6,8H2;2*1H. The second kappa shape index (κ2) is 8.43. The zero-order valence-electron chi connectivity index (χ0n) is 10.2. The van der Waals surface area contributed by atoms with Crippen LogP contribution in [0.3, 0.4) is 0 Å². The summed E-state index contributed by atoms with van der Waals surface area (Å²) in [5, 5.41) is 3.18. The summed E-state index contributed by atoms with van der Waals surface area (Å²) in [6.45, 7) is 3.56. The van der Waals surface area contributed by atoms with E-state index >= 15 is 0 Å². The van der Waals surface area contributed by atoms with E-state index in [0.29, 0.717) is 0 Å². The fraction of sp³-hybridized carbons (Fsp3) is 0.417. The summed E-state index contributed by atoms with van der Waals surface area (Å²) in [6.07, 6.45) is 0. The van der Waals surface area contributed by atoms with Gasteiger partial charge in [0.1, 0.15) is 0 Å². The van der Waals surface area contributed by atoms with Crippen molar-refractivity contribution in [2.24, 2.45) is 0 Å². The number of nitrogens with one attached hydrogen (secondary N) is 1. The van der Waals surface area contributed by atoms with Crippen molar-refractivity contribution in [1.29, 1.82) is 0 Å². The first kappa shape index (κ1) is 18.2. The van der Waals surface area contributed by atoms with Crippen molar-refractivity contribution < 1.29 is 13.6 Å². The Labute approximate surface area is 123 Å². The van der Waals surface area contributed by atoms with Crippen LogP contribution in [0.5, 0.6) is 0 Å². The Morgan fingerprint density at radius 1 is 1.16 bits per heavy atom. The van der Waals surface area contributed by atoms with Crippen LogP contribution in [0.15, 0.2) is 18.2 Å². The SMILES string of the molecule is Cl.Cl.O=C(CN1CCNCC1)c1ccc(F)c(F)c1. The third-order valence-corrected chi connectivity index (χ3v) is 2.82. The minimum atomic E-state index is -0.976. The molecule has 1 fully saturated rings. The molecule has 1 aliphatic rings. The van der Waals surface area contributed by atoms with E-state index < -0.39 is 11.6 Å². The van der Waals surface area contributed by atoms with Crippen LogP contribution in [0.4, 0.5) is 8.78 Å². The largest absolute Gasteiger partial charge is 0.314 e.